The van der Waals surface area contributed by atoms with Crippen molar-refractivity contribution in [3.05, 3.63) is 29.3 Å². The molecule has 1 aromatic rings. The molecule has 0 spiro atoms. The maximum Gasteiger partial charge on any atom is 0.416 e. The van der Waals surface area contributed by atoms with Gasteiger partial charge in [0.2, 0.25) is 6.08 Å². The lowest BCUT2D eigenvalue weighted by Gasteiger charge is -2.38. The van der Waals surface area contributed by atoms with Gasteiger partial charge >= 0.3 is 6.18 Å². The van der Waals surface area contributed by atoms with Crippen LogP contribution >= 0.6 is 0 Å². The molecule has 0 saturated heterocycles. The van der Waals surface area contributed by atoms with Crippen LogP contribution in [0.1, 0.15) is 30.4 Å². The predicted molar refractivity (Wildman–Crippen MR) is 56.8 cm³/mol. The summed E-state index contributed by atoms with van der Waals surface area (Å²) in [7, 11) is 0. The normalized spacial score (nSPS) is 17.7. The molecule has 0 bridgehead atoms. The summed E-state index contributed by atoms with van der Waals surface area (Å²) in [6.45, 7) is 0. The molecule has 0 amide bonds. The average molecular weight is 257 g/mol. The van der Waals surface area contributed by atoms with E-state index in [9.17, 15) is 23.1 Å². The van der Waals surface area contributed by atoms with Crippen LogP contribution in [-0.4, -0.2) is 11.2 Å². The van der Waals surface area contributed by atoms with Crippen LogP contribution in [0.3, 0.4) is 0 Å². The summed E-state index contributed by atoms with van der Waals surface area (Å²) in [6, 6.07) is 3.01. The van der Waals surface area contributed by atoms with Crippen LogP contribution in [-0.2, 0) is 16.5 Å². The van der Waals surface area contributed by atoms with Crippen molar-refractivity contribution in [3.63, 3.8) is 0 Å². The number of alkyl halides is 3. The molecule has 0 aromatic heterocycles. The highest BCUT2D eigenvalue weighted by Gasteiger charge is 2.45. The summed E-state index contributed by atoms with van der Waals surface area (Å²) in [6.07, 6.45) is -1.76. The Morgan fingerprint density at radius 2 is 2.00 bits per heavy atom. The van der Waals surface area contributed by atoms with E-state index in [4.69, 9.17) is 0 Å². The molecular formula is C12H10F3NO2. The first-order chi connectivity index (χ1) is 8.39. The quantitative estimate of drug-likeness (QED) is 0.653. The first-order valence-electron chi connectivity index (χ1n) is 5.39. The number of benzene rings is 1. The summed E-state index contributed by atoms with van der Waals surface area (Å²) in [4.78, 5) is 13.9. The number of halogens is 3. The Hall–Kier alpha value is -1.81. The Bertz CT molecular complexity index is 515. The minimum Gasteiger partial charge on any atom is -0.508 e. The molecule has 1 fully saturated rings. The van der Waals surface area contributed by atoms with Crippen molar-refractivity contribution in [2.45, 2.75) is 31.0 Å². The topological polar surface area (TPSA) is 49.7 Å². The van der Waals surface area contributed by atoms with Gasteiger partial charge in [0.1, 0.15) is 5.75 Å². The number of carbonyl (C=O) groups excluding carboxylic acids is 1. The fourth-order valence-corrected chi connectivity index (χ4v) is 2.21. The zero-order valence-electron chi connectivity index (χ0n) is 9.29. The number of nitrogens with zero attached hydrogens (tertiary/aromatic N) is 1. The first-order valence-corrected chi connectivity index (χ1v) is 5.39. The second kappa shape index (κ2) is 4.14. The molecule has 18 heavy (non-hydrogen) atoms. The van der Waals surface area contributed by atoms with Crippen molar-refractivity contribution in [1.29, 1.82) is 0 Å². The third-order valence-corrected chi connectivity index (χ3v) is 3.25. The zero-order valence-corrected chi connectivity index (χ0v) is 9.29. The maximum absolute atomic E-state index is 12.9. The number of hydrogen-bond donors (Lipinski definition) is 1. The Kier molecular flexibility index (Phi) is 2.91. The molecule has 0 unspecified atom stereocenters. The molecule has 1 aliphatic carbocycles. The van der Waals surface area contributed by atoms with Crippen molar-refractivity contribution < 1.29 is 23.1 Å². The first kappa shape index (κ1) is 12.6. The minimum absolute atomic E-state index is 0.0672. The van der Waals surface area contributed by atoms with Crippen LogP contribution in [0.5, 0.6) is 5.75 Å². The number of aliphatic imine (C=N–C) groups is 1. The average Bonchev–Trinajstić information content (AvgIpc) is 2.22. The van der Waals surface area contributed by atoms with Gasteiger partial charge in [-0.2, -0.15) is 18.2 Å². The molecule has 0 radical (unpaired) electrons. The number of phenols is 1. The molecule has 3 nitrogen and oxygen atoms in total. The summed E-state index contributed by atoms with van der Waals surface area (Å²) in [5.74, 6) is -0.462. The van der Waals surface area contributed by atoms with Crippen molar-refractivity contribution in [2.24, 2.45) is 4.99 Å². The van der Waals surface area contributed by atoms with E-state index in [0.717, 1.165) is 0 Å². The summed E-state index contributed by atoms with van der Waals surface area (Å²) in [5, 5.41) is 9.18. The molecule has 96 valence electrons. The maximum atomic E-state index is 12.9. The summed E-state index contributed by atoms with van der Waals surface area (Å²) >= 11 is 0. The molecule has 1 aromatic carbocycles. The largest absolute Gasteiger partial charge is 0.508 e. The monoisotopic (exact) mass is 257 g/mol. The Balaban J connectivity index is 2.60. The fraction of sp³-hybridized carbons (Fsp3) is 0.417. The molecule has 0 aliphatic heterocycles. The third-order valence-electron chi connectivity index (χ3n) is 3.25. The van der Waals surface area contributed by atoms with E-state index in [1.165, 1.54) is 18.2 Å². The van der Waals surface area contributed by atoms with Gasteiger partial charge in [-0.25, -0.2) is 4.79 Å². The highest BCUT2D eigenvalue weighted by Crippen LogP contribution is 2.49. The molecule has 2 rings (SSSR count). The second-order valence-corrected chi connectivity index (χ2v) is 4.32. The van der Waals surface area contributed by atoms with Crippen molar-refractivity contribution in [1.82, 2.24) is 0 Å². The summed E-state index contributed by atoms with van der Waals surface area (Å²) < 4.78 is 38.7. The van der Waals surface area contributed by atoms with Crippen LogP contribution in [0.4, 0.5) is 13.2 Å². The van der Waals surface area contributed by atoms with Gasteiger partial charge in [0, 0.05) is 0 Å². The highest BCUT2D eigenvalue weighted by atomic mass is 19.4. The van der Waals surface area contributed by atoms with Crippen LogP contribution in [0.2, 0.25) is 0 Å². The minimum atomic E-state index is -4.59. The van der Waals surface area contributed by atoms with Gasteiger partial charge in [0.25, 0.3) is 0 Å². The van der Waals surface area contributed by atoms with E-state index in [1.54, 1.807) is 0 Å². The van der Waals surface area contributed by atoms with Crippen LogP contribution in [0.15, 0.2) is 23.2 Å². The van der Waals surface area contributed by atoms with Gasteiger partial charge in [-0.1, -0.05) is 6.07 Å². The molecule has 0 atom stereocenters. The summed E-state index contributed by atoms with van der Waals surface area (Å²) in [5.41, 5.74) is -2.14. The molecule has 1 N–H and O–H groups in total. The van der Waals surface area contributed by atoms with E-state index >= 15 is 0 Å². The van der Waals surface area contributed by atoms with E-state index in [0.29, 0.717) is 25.3 Å². The van der Waals surface area contributed by atoms with E-state index < -0.39 is 23.0 Å². The Morgan fingerprint density at radius 1 is 1.33 bits per heavy atom. The number of phenolic OH excluding ortho intramolecular Hbond substituents is 1. The van der Waals surface area contributed by atoms with Crippen molar-refractivity contribution in [2.75, 3.05) is 0 Å². The van der Waals surface area contributed by atoms with Crippen LogP contribution in [0, 0.1) is 0 Å². The lowest BCUT2D eigenvalue weighted by Crippen LogP contribution is -2.34. The predicted octanol–water partition coefficient (Wildman–Crippen LogP) is 3.13. The van der Waals surface area contributed by atoms with Gasteiger partial charge in [-0.3, -0.25) is 0 Å². The van der Waals surface area contributed by atoms with E-state index in [2.05, 4.69) is 4.99 Å². The number of isocyanates is 1. The highest BCUT2D eigenvalue weighted by molar-refractivity contribution is 5.45. The smallest absolute Gasteiger partial charge is 0.416 e. The molecule has 0 heterocycles. The molecule has 6 heteroatoms. The SMILES string of the molecule is O=C=NC1(c2ccc(O)cc2C(F)(F)F)CCC1. The number of aromatic hydroxyl groups is 1. The van der Waals surface area contributed by atoms with Crippen molar-refractivity contribution in [3.8, 4) is 5.75 Å². The molecule has 1 saturated carbocycles. The Morgan fingerprint density at radius 3 is 2.44 bits per heavy atom. The lowest BCUT2D eigenvalue weighted by atomic mass is 9.71. The fourth-order valence-electron chi connectivity index (χ4n) is 2.21. The molecule has 1 aliphatic rings. The van der Waals surface area contributed by atoms with E-state index in [-0.39, 0.29) is 5.56 Å². The van der Waals surface area contributed by atoms with Crippen molar-refractivity contribution >= 4 is 6.08 Å². The van der Waals surface area contributed by atoms with Crippen LogP contribution in [0.25, 0.3) is 0 Å². The third kappa shape index (κ3) is 1.99. The second-order valence-electron chi connectivity index (χ2n) is 4.32. The number of rotatable bonds is 2. The standard InChI is InChI=1S/C12H10F3NO2/c13-12(14,15)10-6-8(18)2-3-9(10)11(16-7-17)4-1-5-11/h2-3,6,18H,1,4-5H2. The van der Waals surface area contributed by atoms with Crippen LogP contribution < -0.4 is 0 Å². The van der Waals surface area contributed by atoms with E-state index in [1.807, 2.05) is 0 Å². The van der Waals surface area contributed by atoms with Gasteiger partial charge in [-0.15, -0.1) is 0 Å². The van der Waals surface area contributed by atoms with Gasteiger partial charge in [0.05, 0.1) is 11.1 Å². The Labute approximate surface area is 101 Å². The van der Waals surface area contributed by atoms with Gasteiger partial charge in [-0.05, 0) is 37.0 Å². The lowest BCUT2D eigenvalue weighted by molar-refractivity contribution is -0.139. The van der Waals surface area contributed by atoms with Gasteiger partial charge < -0.3 is 5.11 Å². The number of hydrogen-bond acceptors (Lipinski definition) is 3. The molecular weight excluding hydrogens is 247 g/mol. The zero-order chi connectivity index (χ0) is 13.4. The van der Waals surface area contributed by atoms with Gasteiger partial charge in [0.15, 0.2) is 0 Å².